The van der Waals surface area contributed by atoms with Crippen LogP contribution in [0.3, 0.4) is 0 Å². The minimum Gasteiger partial charge on any atom is -0.480 e. The van der Waals surface area contributed by atoms with E-state index >= 15 is 0 Å². The van der Waals surface area contributed by atoms with Crippen LogP contribution in [0, 0.1) is 0 Å². The van der Waals surface area contributed by atoms with Gasteiger partial charge in [0.2, 0.25) is 0 Å². The summed E-state index contributed by atoms with van der Waals surface area (Å²) in [6, 6.07) is 0. The molecule has 0 spiro atoms. The molecular weight excluding hydrogens is 496 g/mol. The van der Waals surface area contributed by atoms with Crippen LogP contribution in [-0.4, -0.2) is 131 Å². The highest BCUT2D eigenvalue weighted by atomic mass is 16.6. The number of carboxylic acid groups (broad SMARTS) is 1. The van der Waals surface area contributed by atoms with Gasteiger partial charge in [-0.1, -0.05) is 0 Å². The van der Waals surface area contributed by atoms with Crippen LogP contribution in [0.2, 0.25) is 0 Å². The molecule has 1 rings (SSSR count). The fourth-order valence-corrected chi connectivity index (χ4v) is 3.81. The Labute approximate surface area is 227 Å². The highest BCUT2D eigenvalue weighted by Gasteiger charge is 2.28. The second kappa shape index (κ2) is 14.2. The van der Waals surface area contributed by atoms with Gasteiger partial charge in [0.1, 0.15) is 16.8 Å². The van der Waals surface area contributed by atoms with Gasteiger partial charge in [-0.05, 0) is 62.3 Å². The maximum absolute atomic E-state index is 12.7. The van der Waals surface area contributed by atoms with Crippen LogP contribution in [0.25, 0.3) is 0 Å². The molecule has 1 saturated heterocycles. The van der Waals surface area contributed by atoms with Crippen LogP contribution in [0.15, 0.2) is 0 Å². The number of esters is 3. The molecule has 1 fully saturated rings. The molecule has 1 N–H and O–H groups in total. The normalized spacial score (nSPS) is 18.0. The third kappa shape index (κ3) is 16.5. The number of aliphatic carboxylic acids is 1. The predicted octanol–water partition coefficient (Wildman–Crippen LogP) is 1.23. The number of carboxylic acids is 1. The third-order valence-corrected chi connectivity index (χ3v) is 4.94. The van der Waals surface area contributed by atoms with Crippen LogP contribution in [0.5, 0.6) is 0 Å². The maximum atomic E-state index is 12.7. The third-order valence-electron chi connectivity index (χ3n) is 4.94. The van der Waals surface area contributed by atoms with Crippen LogP contribution in [-0.2, 0) is 33.4 Å². The van der Waals surface area contributed by atoms with Gasteiger partial charge in [0, 0.05) is 26.2 Å². The summed E-state index contributed by atoms with van der Waals surface area (Å²) in [7, 11) is 0. The summed E-state index contributed by atoms with van der Waals surface area (Å²) in [5.74, 6) is -2.27. The molecule has 12 nitrogen and oxygen atoms in total. The Morgan fingerprint density at radius 1 is 0.526 bits per heavy atom. The quantitative estimate of drug-likeness (QED) is 0.348. The Morgan fingerprint density at radius 3 is 1.16 bits per heavy atom. The molecule has 0 saturated carbocycles. The largest absolute Gasteiger partial charge is 0.480 e. The molecule has 0 aromatic heterocycles. The number of nitrogens with zero attached hydrogens (tertiary/aromatic N) is 4. The lowest BCUT2D eigenvalue weighted by Crippen LogP contribution is -2.54. The molecule has 0 unspecified atom stereocenters. The van der Waals surface area contributed by atoms with E-state index in [0.29, 0.717) is 26.2 Å². The smallest absolute Gasteiger partial charge is 0.320 e. The van der Waals surface area contributed by atoms with Crippen molar-refractivity contribution < 1.29 is 38.5 Å². The molecule has 0 amide bonds. The van der Waals surface area contributed by atoms with E-state index < -0.39 is 34.7 Å². The minimum absolute atomic E-state index is 0.0279. The molecule has 1 aliphatic heterocycles. The molecule has 1 aliphatic rings. The minimum atomic E-state index is -1.01. The second-order valence-electron chi connectivity index (χ2n) is 12.6. The summed E-state index contributed by atoms with van der Waals surface area (Å²) < 4.78 is 16.5. The number of rotatable bonds is 8. The zero-order valence-electron chi connectivity index (χ0n) is 24.7. The van der Waals surface area contributed by atoms with Crippen LogP contribution in [0.1, 0.15) is 62.3 Å². The van der Waals surface area contributed by atoms with E-state index in [2.05, 4.69) is 0 Å². The van der Waals surface area contributed by atoms with Gasteiger partial charge in [-0.2, -0.15) is 0 Å². The summed E-state index contributed by atoms with van der Waals surface area (Å²) in [6.45, 7) is 17.6. The molecule has 220 valence electrons. The summed E-state index contributed by atoms with van der Waals surface area (Å²) in [6.07, 6.45) is 0. The van der Waals surface area contributed by atoms with Gasteiger partial charge in [0.05, 0.1) is 39.5 Å². The Balaban J connectivity index is 3.16. The maximum Gasteiger partial charge on any atom is 0.320 e. The van der Waals surface area contributed by atoms with E-state index in [1.165, 1.54) is 0 Å². The first kappa shape index (κ1) is 33.7. The van der Waals surface area contributed by atoms with Crippen molar-refractivity contribution in [3.05, 3.63) is 0 Å². The van der Waals surface area contributed by atoms with Crippen molar-refractivity contribution in [1.82, 2.24) is 19.6 Å². The SMILES string of the molecule is CC(C)(C)OC(=O)CN1CCN(CC(=O)O)CN(CC(=O)OC(C)(C)C)CN(CC(=O)OC(C)(C)C)CC1. The molecule has 0 radical (unpaired) electrons. The topological polar surface area (TPSA) is 129 Å². The van der Waals surface area contributed by atoms with Gasteiger partial charge in [-0.3, -0.25) is 38.8 Å². The molecule has 0 bridgehead atoms. The average molecular weight is 545 g/mol. The molecule has 0 aromatic rings. The molecule has 1 heterocycles. The molecule has 12 heteroatoms. The average Bonchev–Trinajstić information content (AvgIpc) is 2.64. The van der Waals surface area contributed by atoms with E-state index in [-0.39, 0.29) is 45.5 Å². The number of carbonyl (C=O) groups is 4. The summed E-state index contributed by atoms with van der Waals surface area (Å²) in [5.41, 5.74) is -1.97. The second-order valence-corrected chi connectivity index (χ2v) is 12.6. The summed E-state index contributed by atoms with van der Waals surface area (Å²) >= 11 is 0. The lowest BCUT2D eigenvalue weighted by molar-refractivity contribution is -0.160. The number of hydrogen-bond donors (Lipinski definition) is 1. The van der Waals surface area contributed by atoms with E-state index in [0.717, 1.165) is 0 Å². The number of hydrogen-bond acceptors (Lipinski definition) is 11. The lowest BCUT2D eigenvalue weighted by Gasteiger charge is -2.37. The van der Waals surface area contributed by atoms with Crippen molar-refractivity contribution in [2.45, 2.75) is 79.1 Å². The Kier molecular flexibility index (Phi) is 12.6. The first-order valence-electron chi connectivity index (χ1n) is 13.0. The van der Waals surface area contributed by atoms with Crippen molar-refractivity contribution in [2.75, 3.05) is 65.7 Å². The molecule has 0 atom stereocenters. The van der Waals surface area contributed by atoms with E-state index in [9.17, 15) is 24.3 Å². The van der Waals surface area contributed by atoms with E-state index in [4.69, 9.17) is 14.2 Å². The zero-order chi connectivity index (χ0) is 29.3. The van der Waals surface area contributed by atoms with Gasteiger partial charge in [0.25, 0.3) is 0 Å². The van der Waals surface area contributed by atoms with Crippen molar-refractivity contribution in [3.8, 4) is 0 Å². The zero-order valence-corrected chi connectivity index (χ0v) is 24.7. The van der Waals surface area contributed by atoms with Crippen LogP contribution >= 0.6 is 0 Å². The van der Waals surface area contributed by atoms with Gasteiger partial charge in [-0.25, -0.2) is 0 Å². The van der Waals surface area contributed by atoms with Crippen molar-refractivity contribution in [3.63, 3.8) is 0 Å². The lowest BCUT2D eigenvalue weighted by atomic mass is 10.2. The van der Waals surface area contributed by atoms with E-state index in [1.807, 2.05) is 9.80 Å². The van der Waals surface area contributed by atoms with Crippen molar-refractivity contribution in [1.29, 1.82) is 0 Å². The molecule has 0 aliphatic carbocycles. The van der Waals surface area contributed by atoms with Gasteiger partial charge < -0.3 is 19.3 Å². The first-order valence-corrected chi connectivity index (χ1v) is 13.0. The molecular formula is C26H48N4O8. The Hall–Kier alpha value is -2.28. The first-order chi connectivity index (χ1) is 17.2. The van der Waals surface area contributed by atoms with E-state index in [1.54, 1.807) is 72.1 Å². The molecule has 0 aromatic carbocycles. The molecule has 38 heavy (non-hydrogen) atoms. The van der Waals surface area contributed by atoms with Crippen molar-refractivity contribution >= 4 is 23.9 Å². The van der Waals surface area contributed by atoms with Gasteiger partial charge in [0.15, 0.2) is 0 Å². The number of ether oxygens (including phenoxy) is 3. The fraction of sp³-hybridized carbons (Fsp3) is 0.846. The monoisotopic (exact) mass is 544 g/mol. The highest BCUT2D eigenvalue weighted by molar-refractivity contribution is 5.73. The summed E-state index contributed by atoms with van der Waals surface area (Å²) in [4.78, 5) is 56.6. The van der Waals surface area contributed by atoms with Gasteiger partial charge >= 0.3 is 23.9 Å². The van der Waals surface area contributed by atoms with Gasteiger partial charge in [-0.15, -0.1) is 0 Å². The Morgan fingerprint density at radius 2 is 0.816 bits per heavy atom. The van der Waals surface area contributed by atoms with Crippen molar-refractivity contribution in [2.24, 2.45) is 0 Å². The highest BCUT2D eigenvalue weighted by Crippen LogP contribution is 2.12. The number of carbonyl (C=O) groups excluding carboxylic acids is 3. The standard InChI is InChI=1S/C26H48N4O8/c1-24(2,3)36-21(33)15-27-10-12-28(14-20(31)32)18-30(17-23(35)38-26(7,8)9)19-29(13-11-27)16-22(34)37-25(4,5)6/h10-19H2,1-9H3,(H,31,32). The van der Waals surface area contributed by atoms with Crippen LogP contribution in [0.4, 0.5) is 0 Å². The van der Waals surface area contributed by atoms with Crippen LogP contribution < -0.4 is 0 Å². The summed E-state index contributed by atoms with van der Waals surface area (Å²) in [5, 5.41) is 9.48. The Bertz CT molecular complexity index is 814. The fourth-order valence-electron chi connectivity index (χ4n) is 3.81. The predicted molar refractivity (Wildman–Crippen MR) is 141 cm³/mol.